The summed E-state index contributed by atoms with van der Waals surface area (Å²) < 4.78 is 15.5. The number of carbonyl (C=O) groups excluding carboxylic acids is 1. The number of carbonyl (C=O) groups is 1. The molecule has 0 heterocycles. The molecule has 0 saturated carbocycles. The number of hydrogen-bond acceptors (Lipinski definition) is 5. The summed E-state index contributed by atoms with van der Waals surface area (Å²) in [5, 5.41) is 5.45. The fraction of sp³-hybridized carbons (Fsp3) is 0.222. The number of benzene rings is 2. The maximum Gasteiger partial charge on any atom is 0.273 e. The lowest BCUT2D eigenvalue weighted by molar-refractivity contribution is 0.0800. The van der Waals surface area contributed by atoms with Crippen LogP contribution in [0, 0.1) is 0 Å². The predicted molar refractivity (Wildman–Crippen MR) is 92.2 cm³/mol. The zero-order valence-corrected chi connectivity index (χ0v) is 14.1. The summed E-state index contributed by atoms with van der Waals surface area (Å²) >= 11 is 0. The van der Waals surface area contributed by atoms with Crippen LogP contribution < -0.4 is 14.2 Å². The first-order chi connectivity index (χ1) is 11.6. The molecule has 6 heteroatoms. The molecule has 0 aromatic heterocycles. The Morgan fingerprint density at radius 3 is 2.21 bits per heavy atom. The van der Waals surface area contributed by atoms with Crippen molar-refractivity contribution in [2.75, 3.05) is 28.4 Å². The molecule has 6 nitrogen and oxygen atoms in total. The summed E-state index contributed by atoms with van der Waals surface area (Å²) in [5.74, 6) is 1.72. The Balaban J connectivity index is 2.11. The van der Waals surface area contributed by atoms with E-state index in [0.29, 0.717) is 22.8 Å². The average Bonchev–Trinajstić information content (AvgIpc) is 2.65. The second-order valence-electron chi connectivity index (χ2n) is 4.92. The molecule has 0 N–H and O–H groups in total. The van der Waals surface area contributed by atoms with Gasteiger partial charge in [-0.3, -0.25) is 4.79 Å². The molecule has 24 heavy (non-hydrogen) atoms. The van der Waals surface area contributed by atoms with Crippen molar-refractivity contribution in [1.82, 2.24) is 5.01 Å². The Bertz CT molecular complexity index is 726. The maximum atomic E-state index is 12.3. The third kappa shape index (κ3) is 4.04. The van der Waals surface area contributed by atoms with Crippen molar-refractivity contribution in [3.63, 3.8) is 0 Å². The molecule has 0 aliphatic heterocycles. The van der Waals surface area contributed by atoms with E-state index in [4.69, 9.17) is 14.2 Å². The smallest absolute Gasteiger partial charge is 0.273 e. The van der Waals surface area contributed by atoms with Gasteiger partial charge in [-0.25, -0.2) is 5.01 Å². The minimum atomic E-state index is -0.214. The molecule has 126 valence electrons. The third-order valence-electron chi connectivity index (χ3n) is 3.42. The Morgan fingerprint density at radius 2 is 1.62 bits per heavy atom. The Morgan fingerprint density at radius 1 is 0.958 bits per heavy atom. The van der Waals surface area contributed by atoms with Crippen LogP contribution in [0.25, 0.3) is 0 Å². The monoisotopic (exact) mass is 328 g/mol. The van der Waals surface area contributed by atoms with E-state index >= 15 is 0 Å². The van der Waals surface area contributed by atoms with Crippen LogP contribution in [0.4, 0.5) is 0 Å². The first kappa shape index (κ1) is 17.3. The van der Waals surface area contributed by atoms with Crippen molar-refractivity contribution in [1.29, 1.82) is 0 Å². The molecule has 2 aromatic rings. The second-order valence-corrected chi connectivity index (χ2v) is 4.92. The van der Waals surface area contributed by atoms with Crippen LogP contribution in [-0.2, 0) is 0 Å². The Labute approximate surface area is 141 Å². The fourth-order valence-corrected chi connectivity index (χ4v) is 2.06. The highest BCUT2D eigenvalue weighted by Crippen LogP contribution is 2.26. The lowest BCUT2D eigenvalue weighted by atomic mass is 10.2. The largest absolute Gasteiger partial charge is 0.497 e. The van der Waals surface area contributed by atoms with E-state index in [1.165, 1.54) is 5.01 Å². The van der Waals surface area contributed by atoms with Gasteiger partial charge in [0.25, 0.3) is 5.91 Å². The van der Waals surface area contributed by atoms with Crippen molar-refractivity contribution < 1.29 is 19.0 Å². The number of ether oxygens (including phenoxy) is 3. The number of amides is 1. The molecular formula is C18H20N2O4. The highest BCUT2D eigenvalue weighted by molar-refractivity contribution is 5.94. The van der Waals surface area contributed by atoms with Gasteiger partial charge in [0.2, 0.25) is 0 Å². The first-order valence-electron chi connectivity index (χ1n) is 7.27. The molecular weight excluding hydrogens is 308 g/mol. The molecule has 0 aliphatic rings. The molecule has 2 aromatic carbocycles. The average molecular weight is 328 g/mol. The fourth-order valence-electron chi connectivity index (χ4n) is 2.06. The molecule has 0 atom stereocenters. The van der Waals surface area contributed by atoms with Gasteiger partial charge in [-0.2, -0.15) is 5.10 Å². The molecule has 0 aliphatic carbocycles. The number of hydrogen-bond donors (Lipinski definition) is 0. The van der Waals surface area contributed by atoms with Gasteiger partial charge in [0.1, 0.15) is 5.75 Å². The lowest BCUT2D eigenvalue weighted by Crippen LogP contribution is -2.21. The number of rotatable bonds is 6. The molecule has 0 fully saturated rings. The number of hydrazone groups is 1. The van der Waals surface area contributed by atoms with E-state index in [0.717, 1.165) is 5.56 Å². The van der Waals surface area contributed by atoms with Crippen molar-refractivity contribution in [3.05, 3.63) is 53.6 Å². The lowest BCUT2D eigenvalue weighted by Gasteiger charge is -2.11. The van der Waals surface area contributed by atoms with Crippen LogP contribution in [0.1, 0.15) is 15.9 Å². The number of nitrogens with zero attached hydrogens (tertiary/aromatic N) is 2. The minimum Gasteiger partial charge on any atom is -0.497 e. The van der Waals surface area contributed by atoms with Crippen LogP contribution in [0.2, 0.25) is 0 Å². The zero-order valence-electron chi connectivity index (χ0n) is 14.1. The molecule has 0 bridgehead atoms. The predicted octanol–water partition coefficient (Wildman–Crippen LogP) is 2.82. The van der Waals surface area contributed by atoms with Crippen LogP contribution >= 0.6 is 0 Å². The number of methoxy groups -OCH3 is 3. The van der Waals surface area contributed by atoms with Crippen LogP contribution in [0.5, 0.6) is 17.2 Å². The van der Waals surface area contributed by atoms with Gasteiger partial charge in [-0.05, 0) is 48.0 Å². The van der Waals surface area contributed by atoms with Crippen LogP contribution in [0.15, 0.2) is 47.6 Å². The highest BCUT2D eigenvalue weighted by atomic mass is 16.5. The maximum absolute atomic E-state index is 12.3. The van der Waals surface area contributed by atoms with Gasteiger partial charge in [0, 0.05) is 12.6 Å². The molecule has 0 radical (unpaired) electrons. The van der Waals surface area contributed by atoms with E-state index in [2.05, 4.69) is 5.10 Å². The Hall–Kier alpha value is -3.02. The second kappa shape index (κ2) is 8.01. The van der Waals surface area contributed by atoms with Crippen LogP contribution in [-0.4, -0.2) is 45.5 Å². The van der Waals surface area contributed by atoms with Crippen molar-refractivity contribution in [2.45, 2.75) is 0 Å². The first-order valence-corrected chi connectivity index (χ1v) is 7.27. The van der Waals surface area contributed by atoms with E-state index in [1.807, 2.05) is 6.07 Å². The summed E-state index contributed by atoms with van der Waals surface area (Å²) in [6, 6.07) is 12.3. The topological polar surface area (TPSA) is 60.4 Å². The van der Waals surface area contributed by atoms with E-state index in [-0.39, 0.29) is 5.91 Å². The SMILES string of the molecule is COc1ccc(C(=O)N(C)/N=C/c2ccc(OC)c(OC)c2)cc1. The van der Waals surface area contributed by atoms with Gasteiger partial charge in [-0.1, -0.05) is 0 Å². The minimum absolute atomic E-state index is 0.214. The van der Waals surface area contributed by atoms with Gasteiger partial charge in [0.05, 0.1) is 27.5 Å². The van der Waals surface area contributed by atoms with E-state index < -0.39 is 0 Å². The molecule has 0 spiro atoms. The molecule has 0 saturated heterocycles. The van der Waals surface area contributed by atoms with Crippen molar-refractivity contribution in [3.8, 4) is 17.2 Å². The van der Waals surface area contributed by atoms with E-state index in [9.17, 15) is 4.79 Å². The summed E-state index contributed by atoms with van der Waals surface area (Å²) in [6.45, 7) is 0. The highest BCUT2D eigenvalue weighted by Gasteiger charge is 2.10. The normalized spacial score (nSPS) is 10.5. The Kier molecular flexibility index (Phi) is 5.78. The van der Waals surface area contributed by atoms with Gasteiger partial charge >= 0.3 is 0 Å². The standard InChI is InChI=1S/C18H20N2O4/c1-20(18(21)14-6-8-15(22-2)9-7-14)19-12-13-5-10-16(23-3)17(11-13)24-4/h5-12H,1-4H3/b19-12+. The van der Waals surface area contributed by atoms with Gasteiger partial charge in [-0.15, -0.1) is 0 Å². The summed E-state index contributed by atoms with van der Waals surface area (Å²) in [5.41, 5.74) is 1.32. The zero-order chi connectivity index (χ0) is 17.5. The third-order valence-corrected chi connectivity index (χ3v) is 3.42. The molecule has 1 amide bonds. The van der Waals surface area contributed by atoms with E-state index in [1.54, 1.807) is 71.0 Å². The van der Waals surface area contributed by atoms with Crippen molar-refractivity contribution in [2.24, 2.45) is 5.10 Å². The molecule has 0 unspecified atom stereocenters. The molecule has 2 rings (SSSR count). The van der Waals surface area contributed by atoms with Gasteiger partial charge in [0.15, 0.2) is 11.5 Å². The van der Waals surface area contributed by atoms with Crippen LogP contribution in [0.3, 0.4) is 0 Å². The summed E-state index contributed by atoms with van der Waals surface area (Å²) in [6.07, 6.45) is 1.59. The summed E-state index contributed by atoms with van der Waals surface area (Å²) in [4.78, 5) is 12.3. The quantitative estimate of drug-likeness (QED) is 0.604. The van der Waals surface area contributed by atoms with Gasteiger partial charge < -0.3 is 14.2 Å². The van der Waals surface area contributed by atoms with Crippen molar-refractivity contribution >= 4 is 12.1 Å². The summed E-state index contributed by atoms with van der Waals surface area (Å²) in [7, 11) is 6.32.